The number of ether oxygens (including phenoxy) is 1. The molecule has 1 aromatic rings. The molecule has 6 heteroatoms. The molecule has 6 nitrogen and oxygen atoms in total. The van der Waals surface area contributed by atoms with E-state index in [4.69, 9.17) is 4.74 Å². The van der Waals surface area contributed by atoms with E-state index in [9.17, 15) is 9.59 Å². The van der Waals surface area contributed by atoms with Gasteiger partial charge in [-0.05, 0) is 12.5 Å². The molecule has 20 heavy (non-hydrogen) atoms. The van der Waals surface area contributed by atoms with Gasteiger partial charge in [0, 0.05) is 27.6 Å². The van der Waals surface area contributed by atoms with Crippen molar-refractivity contribution < 1.29 is 14.3 Å². The molecule has 0 aliphatic rings. The van der Waals surface area contributed by atoms with Gasteiger partial charge in [-0.3, -0.25) is 0 Å². The smallest absolute Gasteiger partial charge is 0.428 e. The van der Waals surface area contributed by atoms with Gasteiger partial charge in [-0.1, -0.05) is 30.3 Å². The first-order valence-electron chi connectivity index (χ1n) is 6.39. The zero-order valence-electron chi connectivity index (χ0n) is 12.3. The van der Waals surface area contributed by atoms with E-state index in [1.807, 2.05) is 37.3 Å². The summed E-state index contributed by atoms with van der Waals surface area (Å²) in [7, 11) is 4.46. The van der Waals surface area contributed by atoms with Crippen LogP contribution in [0.15, 0.2) is 30.3 Å². The van der Waals surface area contributed by atoms with E-state index >= 15 is 0 Å². The number of nitrogens with one attached hydrogen (secondary N) is 1. The summed E-state index contributed by atoms with van der Waals surface area (Å²) in [5, 5.41) is 4.71. The van der Waals surface area contributed by atoms with Gasteiger partial charge in [-0.15, -0.1) is 0 Å². The van der Waals surface area contributed by atoms with Gasteiger partial charge in [-0.2, -0.15) is 0 Å². The lowest BCUT2D eigenvalue weighted by Gasteiger charge is -2.28. The summed E-state index contributed by atoms with van der Waals surface area (Å²) in [6.45, 7) is 1.82. The highest BCUT2D eigenvalue weighted by atomic mass is 16.6. The minimum absolute atomic E-state index is 0.273. The van der Waals surface area contributed by atoms with Crippen LogP contribution < -0.4 is 5.32 Å². The lowest BCUT2D eigenvalue weighted by molar-refractivity contribution is 0.0181. The Kier molecular flexibility index (Phi) is 5.83. The minimum Gasteiger partial charge on any atom is -0.445 e. The van der Waals surface area contributed by atoms with Gasteiger partial charge in [0.05, 0.1) is 0 Å². The predicted molar refractivity (Wildman–Crippen MR) is 76.1 cm³/mol. The largest absolute Gasteiger partial charge is 0.445 e. The maximum absolute atomic E-state index is 11.9. The maximum Gasteiger partial charge on any atom is 0.428 e. The maximum atomic E-state index is 11.9. The van der Waals surface area contributed by atoms with Gasteiger partial charge >= 0.3 is 12.1 Å². The second-order valence-corrected chi connectivity index (χ2v) is 4.49. The Balaban J connectivity index is 2.51. The number of urea groups is 1. The molecule has 1 rings (SSSR count). The van der Waals surface area contributed by atoms with Crippen LogP contribution in [0, 0.1) is 0 Å². The summed E-state index contributed by atoms with van der Waals surface area (Å²) < 4.78 is 5.30. The van der Waals surface area contributed by atoms with Crippen LogP contribution in [0.3, 0.4) is 0 Å². The van der Waals surface area contributed by atoms with Crippen LogP contribution in [0.4, 0.5) is 9.59 Å². The molecule has 110 valence electrons. The average molecular weight is 279 g/mol. The molecular formula is C14H21N3O3. The first-order valence-corrected chi connectivity index (χ1v) is 6.39. The number of hydrogen-bond donors (Lipinski definition) is 1. The second-order valence-electron chi connectivity index (χ2n) is 4.49. The number of benzene rings is 1. The van der Waals surface area contributed by atoms with Gasteiger partial charge in [0.15, 0.2) is 0 Å². The van der Waals surface area contributed by atoms with Crippen LogP contribution in [-0.4, -0.2) is 49.4 Å². The van der Waals surface area contributed by atoms with Crippen LogP contribution in [0.2, 0.25) is 0 Å². The predicted octanol–water partition coefficient (Wildman–Crippen LogP) is 1.87. The minimum atomic E-state index is -0.570. The van der Waals surface area contributed by atoms with Gasteiger partial charge in [0.25, 0.3) is 0 Å². The Bertz CT molecular complexity index is 450. The third-order valence-electron chi connectivity index (χ3n) is 2.89. The van der Waals surface area contributed by atoms with Crippen LogP contribution in [-0.2, 0) is 11.2 Å². The standard InChI is InChI=1S/C14H21N3O3/c1-11(10-12-8-6-5-7-9-12)20-14(19)17(4)16(3)13(18)15-2/h5-9,11H,10H2,1-4H3,(H,15,18). The van der Waals surface area contributed by atoms with Crippen LogP contribution in [0.5, 0.6) is 0 Å². The van der Waals surface area contributed by atoms with E-state index in [0.29, 0.717) is 6.42 Å². The summed E-state index contributed by atoms with van der Waals surface area (Å²) in [5.74, 6) is 0. The highest BCUT2D eigenvalue weighted by Gasteiger charge is 2.21. The quantitative estimate of drug-likeness (QED) is 0.859. The van der Waals surface area contributed by atoms with Crippen LogP contribution in [0.25, 0.3) is 0 Å². The first kappa shape index (κ1) is 15.8. The van der Waals surface area contributed by atoms with Gasteiger partial charge in [0.2, 0.25) is 0 Å². The zero-order chi connectivity index (χ0) is 15.1. The SMILES string of the molecule is CNC(=O)N(C)N(C)C(=O)OC(C)Cc1ccccc1. The van der Waals surface area contributed by atoms with Gasteiger partial charge in [-0.25, -0.2) is 19.6 Å². The second kappa shape index (κ2) is 7.37. The molecule has 3 amide bonds. The fourth-order valence-corrected chi connectivity index (χ4v) is 1.66. The van der Waals surface area contributed by atoms with E-state index in [-0.39, 0.29) is 12.1 Å². The third kappa shape index (κ3) is 4.46. The molecule has 1 aromatic carbocycles. The zero-order valence-corrected chi connectivity index (χ0v) is 12.3. The Hall–Kier alpha value is -2.24. The summed E-state index contributed by atoms with van der Waals surface area (Å²) >= 11 is 0. The lowest BCUT2D eigenvalue weighted by Crippen LogP contribution is -2.49. The number of carbonyl (C=O) groups excluding carboxylic acids is 2. The van der Waals surface area contributed by atoms with Crippen molar-refractivity contribution in [2.45, 2.75) is 19.4 Å². The Morgan fingerprint density at radius 1 is 1.20 bits per heavy atom. The summed E-state index contributed by atoms with van der Waals surface area (Å²) in [6, 6.07) is 9.38. The topological polar surface area (TPSA) is 61.9 Å². The molecule has 0 aliphatic heterocycles. The molecule has 0 heterocycles. The summed E-state index contributed by atoms with van der Waals surface area (Å²) in [6.07, 6.45) is -0.214. The molecule has 1 unspecified atom stereocenters. The number of carbonyl (C=O) groups is 2. The van der Waals surface area contributed by atoms with Crippen LogP contribution in [0.1, 0.15) is 12.5 Å². The molecule has 1 atom stereocenters. The summed E-state index contributed by atoms with van der Waals surface area (Å²) in [5.41, 5.74) is 1.09. The molecule has 0 aromatic heterocycles. The van der Waals surface area contributed by atoms with Crippen molar-refractivity contribution >= 4 is 12.1 Å². The fourth-order valence-electron chi connectivity index (χ4n) is 1.66. The number of amides is 3. The molecular weight excluding hydrogens is 258 g/mol. The molecule has 1 N–H and O–H groups in total. The van der Waals surface area contributed by atoms with E-state index in [0.717, 1.165) is 15.6 Å². The Morgan fingerprint density at radius 2 is 1.80 bits per heavy atom. The first-order chi connectivity index (χ1) is 9.45. The van der Waals surface area contributed by atoms with Crippen molar-refractivity contribution in [3.8, 4) is 0 Å². The molecule has 0 saturated heterocycles. The number of hydrogen-bond acceptors (Lipinski definition) is 3. The highest BCUT2D eigenvalue weighted by Crippen LogP contribution is 2.07. The fraction of sp³-hybridized carbons (Fsp3) is 0.429. The van der Waals surface area contributed by atoms with E-state index in [2.05, 4.69) is 5.32 Å². The molecule has 0 spiro atoms. The Morgan fingerprint density at radius 3 is 2.35 bits per heavy atom. The Labute approximate surface area is 119 Å². The van der Waals surface area contributed by atoms with E-state index in [1.165, 1.54) is 21.1 Å². The van der Waals surface area contributed by atoms with Crippen molar-refractivity contribution in [1.29, 1.82) is 0 Å². The molecule has 0 bridgehead atoms. The van der Waals surface area contributed by atoms with E-state index < -0.39 is 6.09 Å². The van der Waals surface area contributed by atoms with Crippen molar-refractivity contribution in [3.63, 3.8) is 0 Å². The molecule has 0 fully saturated rings. The summed E-state index contributed by atoms with van der Waals surface area (Å²) in [4.78, 5) is 23.3. The number of hydrazine groups is 1. The van der Waals surface area contributed by atoms with Crippen molar-refractivity contribution in [2.24, 2.45) is 0 Å². The molecule has 0 radical (unpaired) electrons. The molecule has 0 aliphatic carbocycles. The molecule has 0 saturated carbocycles. The van der Waals surface area contributed by atoms with Gasteiger partial charge in [0.1, 0.15) is 6.10 Å². The monoisotopic (exact) mass is 279 g/mol. The normalized spacial score (nSPS) is 11.4. The lowest BCUT2D eigenvalue weighted by atomic mass is 10.1. The third-order valence-corrected chi connectivity index (χ3v) is 2.89. The van der Waals surface area contributed by atoms with Crippen molar-refractivity contribution in [1.82, 2.24) is 15.3 Å². The van der Waals surface area contributed by atoms with Gasteiger partial charge < -0.3 is 10.1 Å². The van der Waals surface area contributed by atoms with Crippen molar-refractivity contribution in [2.75, 3.05) is 21.1 Å². The number of rotatable bonds is 3. The van der Waals surface area contributed by atoms with Crippen LogP contribution >= 0.6 is 0 Å². The number of nitrogens with zero attached hydrogens (tertiary/aromatic N) is 2. The highest BCUT2D eigenvalue weighted by molar-refractivity contribution is 5.77. The average Bonchev–Trinajstić information content (AvgIpc) is 2.45. The van der Waals surface area contributed by atoms with Crippen molar-refractivity contribution in [3.05, 3.63) is 35.9 Å². The van der Waals surface area contributed by atoms with E-state index in [1.54, 1.807) is 0 Å².